The summed E-state index contributed by atoms with van der Waals surface area (Å²) in [5, 5.41) is 0. The fraction of sp³-hybridized carbons (Fsp3) is 0.929. The first-order valence-corrected chi connectivity index (χ1v) is 6.84. The van der Waals surface area contributed by atoms with E-state index in [1.807, 2.05) is 4.90 Å². The number of amides is 1. The molecule has 1 rings (SSSR count). The van der Waals surface area contributed by atoms with Crippen LogP contribution < -0.4 is 5.73 Å². The third-order valence-corrected chi connectivity index (χ3v) is 3.60. The maximum atomic E-state index is 12.4. The summed E-state index contributed by atoms with van der Waals surface area (Å²) in [6.45, 7) is 11.1. The molecule has 0 aliphatic carbocycles. The molecule has 0 aromatic rings. The van der Waals surface area contributed by atoms with Gasteiger partial charge in [0.15, 0.2) is 0 Å². The smallest absolute Gasteiger partial charge is 0.226 e. The molecule has 0 aromatic heterocycles. The van der Waals surface area contributed by atoms with E-state index in [2.05, 4.69) is 27.7 Å². The minimum Gasteiger partial charge on any atom is -0.342 e. The highest BCUT2D eigenvalue weighted by molar-refractivity contribution is 5.79. The highest BCUT2D eigenvalue weighted by atomic mass is 16.2. The van der Waals surface area contributed by atoms with Crippen molar-refractivity contribution in [2.24, 2.45) is 23.0 Å². The average Bonchev–Trinajstić information content (AvgIpc) is 2.23. The highest BCUT2D eigenvalue weighted by Crippen LogP contribution is 2.29. The molecular weight excluding hydrogens is 212 g/mol. The molecule has 1 aliphatic rings. The monoisotopic (exact) mass is 240 g/mol. The second-order valence-corrected chi connectivity index (χ2v) is 6.59. The number of nitrogens with two attached hydrogens (primary N) is 1. The van der Waals surface area contributed by atoms with Crippen molar-refractivity contribution >= 4 is 5.91 Å². The van der Waals surface area contributed by atoms with E-state index in [1.54, 1.807) is 0 Å². The van der Waals surface area contributed by atoms with Gasteiger partial charge < -0.3 is 10.6 Å². The minimum atomic E-state index is 0.0175. The number of piperidine rings is 1. The van der Waals surface area contributed by atoms with Crippen LogP contribution in [0.1, 0.15) is 47.0 Å². The summed E-state index contributed by atoms with van der Waals surface area (Å²) in [5.74, 6) is 0.822. The number of hydrogen-bond donors (Lipinski definition) is 1. The lowest BCUT2D eigenvalue weighted by molar-refractivity contribution is -0.138. The molecule has 0 bridgehead atoms. The second kappa shape index (κ2) is 5.85. The number of hydrogen-bond acceptors (Lipinski definition) is 2. The van der Waals surface area contributed by atoms with Gasteiger partial charge in [-0.2, -0.15) is 0 Å². The van der Waals surface area contributed by atoms with Crippen LogP contribution in [0.3, 0.4) is 0 Å². The zero-order valence-corrected chi connectivity index (χ0v) is 11.8. The SMILES string of the molecule is CC(C)CC(CN)C(=O)N1CCCC(C)(C)C1. The zero-order valence-electron chi connectivity index (χ0n) is 11.8. The van der Waals surface area contributed by atoms with Crippen LogP contribution in [0.4, 0.5) is 0 Å². The Kier molecular flexibility index (Phi) is 4.99. The second-order valence-electron chi connectivity index (χ2n) is 6.59. The molecule has 3 nitrogen and oxygen atoms in total. The molecular formula is C14H28N2O. The molecule has 17 heavy (non-hydrogen) atoms. The molecule has 1 saturated heterocycles. The Bertz CT molecular complexity index is 261. The summed E-state index contributed by atoms with van der Waals surface area (Å²) in [6, 6.07) is 0. The van der Waals surface area contributed by atoms with Gasteiger partial charge in [0.05, 0.1) is 5.92 Å². The molecule has 0 radical (unpaired) electrons. The molecule has 0 spiro atoms. The first-order valence-electron chi connectivity index (χ1n) is 6.84. The third-order valence-electron chi connectivity index (χ3n) is 3.60. The largest absolute Gasteiger partial charge is 0.342 e. The Hall–Kier alpha value is -0.570. The predicted molar refractivity (Wildman–Crippen MR) is 71.6 cm³/mol. The van der Waals surface area contributed by atoms with E-state index in [0.717, 1.165) is 25.9 Å². The first kappa shape index (κ1) is 14.5. The molecule has 2 N–H and O–H groups in total. The van der Waals surface area contributed by atoms with Crippen LogP contribution >= 0.6 is 0 Å². The number of rotatable bonds is 4. The van der Waals surface area contributed by atoms with E-state index in [0.29, 0.717) is 12.5 Å². The van der Waals surface area contributed by atoms with Crippen molar-refractivity contribution in [2.75, 3.05) is 19.6 Å². The molecule has 1 fully saturated rings. The lowest BCUT2D eigenvalue weighted by Gasteiger charge is -2.39. The van der Waals surface area contributed by atoms with E-state index in [1.165, 1.54) is 6.42 Å². The third kappa shape index (κ3) is 4.30. The zero-order chi connectivity index (χ0) is 13.1. The molecule has 1 atom stereocenters. The van der Waals surface area contributed by atoms with Crippen molar-refractivity contribution < 1.29 is 4.79 Å². The topological polar surface area (TPSA) is 46.3 Å². The van der Waals surface area contributed by atoms with Crippen LogP contribution in [0, 0.1) is 17.3 Å². The molecule has 1 unspecified atom stereocenters. The summed E-state index contributed by atoms with van der Waals surface area (Å²) < 4.78 is 0. The Morgan fingerprint density at radius 3 is 2.53 bits per heavy atom. The van der Waals surface area contributed by atoms with Gasteiger partial charge in [-0.25, -0.2) is 0 Å². The van der Waals surface area contributed by atoms with Crippen LogP contribution in [0.25, 0.3) is 0 Å². The summed E-state index contributed by atoms with van der Waals surface area (Å²) in [5.41, 5.74) is 6.02. The lowest BCUT2D eigenvalue weighted by atomic mass is 9.83. The van der Waals surface area contributed by atoms with E-state index in [-0.39, 0.29) is 17.2 Å². The Labute approximate surface area is 106 Å². The van der Waals surface area contributed by atoms with Gasteiger partial charge >= 0.3 is 0 Å². The first-order chi connectivity index (χ1) is 7.85. The van der Waals surface area contributed by atoms with Crippen molar-refractivity contribution in [3.8, 4) is 0 Å². The number of nitrogens with zero attached hydrogens (tertiary/aromatic N) is 1. The van der Waals surface area contributed by atoms with Gasteiger partial charge in [-0.3, -0.25) is 4.79 Å². The summed E-state index contributed by atoms with van der Waals surface area (Å²) in [4.78, 5) is 14.4. The van der Waals surface area contributed by atoms with Crippen LogP contribution in [0.5, 0.6) is 0 Å². The molecule has 100 valence electrons. The van der Waals surface area contributed by atoms with Crippen molar-refractivity contribution in [1.29, 1.82) is 0 Å². The highest BCUT2D eigenvalue weighted by Gasteiger charge is 2.32. The van der Waals surface area contributed by atoms with E-state index in [9.17, 15) is 4.79 Å². The van der Waals surface area contributed by atoms with Gasteiger partial charge in [0.1, 0.15) is 0 Å². The molecule has 1 amide bonds. The number of carbonyl (C=O) groups is 1. The standard InChI is InChI=1S/C14H28N2O/c1-11(2)8-12(9-15)13(17)16-7-5-6-14(3,4)10-16/h11-12H,5-10,15H2,1-4H3. The van der Waals surface area contributed by atoms with Gasteiger partial charge in [-0.05, 0) is 30.6 Å². The van der Waals surface area contributed by atoms with E-state index < -0.39 is 0 Å². The van der Waals surface area contributed by atoms with E-state index in [4.69, 9.17) is 5.73 Å². The Morgan fingerprint density at radius 2 is 2.06 bits per heavy atom. The maximum Gasteiger partial charge on any atom is 0.226 e. The Morgan fingerprint density at radius 1 is 1.41 bits per heavy atom. The average molecular weight is 240 g/mol. The lowest BCUT2D eigenvalue weighted by Crippen LogP contribution is -2.47. The fourth-order valence-electron chi connectivity index (χ4n) is 2.74. The minimum absolute atomic E-state index is 0.0175. The van der Waals surface area contributed by atoms with Crippen LogP contribution in [-0.4, -0.2) is 30.4 Å². The Balaban J connectivity index is 2.61. The molecule has 0 aromatic carbocycles. The quantitative estimate of drug-likeness (QED) is 0.819. The summed E-state index contributed by atoms with van der Waals surface area (Å²) in [6.07, 6.45) is 3.25. The van der Waals surface area contributed by atoms with Crippen molar-refractivity contribution in [2.45, 2.75) is 47.0 Å². The van der Waals surface area contributed by atoms with Crippen LogP contribution in [-0.2, 0) is 4.79 Å². The molecule has 1 heterocycles. The fourth-order valence-corrected chi connectivity index (χ4v) is 2.74. The number of likely N-dealkylation sites (tertiary alicyclic amines) is 1. The molecule has 3 heteroatoms. The summed E-state index contributed by atoms with van der Waals surface area (Å²) >= 11 is 0. The van der Waals surface area contributed by atoms with Gasteiger partial charge in [0, 0.05) is 19.6 Å². The van der Waals surface area contributed by atoms with Gasteiger partial charge in [-0.15, -0.1) is 0 Å². The van der Waals surface area contributed by atoms with Gasteiger partial charge in [0.25, 0.3) is 0 Å². The van der Waals surface area contributed by atoms with Crippen molar-refractivity contribution in [3.63, 3.8) is 0 Å². The van der Waals surface area contributed by atoms with Crippen molar-refractivity contribution in [3.05, 3.63) is 0 Å². The molecule has 0 saturated carbocycles. The predicted octanol–water partition coefficient (Wildman–Crippen LogP) is 2.26. The van der Waals surface area contributed by atoms with Crippen LogP contribution in [0.15, 0.2) is 0 Å². The maximum absolute atomic E-state index is 12.4. The van der Waals surface area contributed by atoms with Gasteiger partial charge in [-0.1, -0.05) is 27.7 Å². The number of carbonyl (C=O) groups excluding carboxylic acids is 1. The summed E-state index contributed by atoms with van der Waals surface area (Å²) in [7, 11) is 0. The van der Waals surface area contributed by atoms with E-state index >= 15 is 0 Å². The van der Waals surface area contributed by atoms with Gasteiger partial charge in [0.2, 0.25) is 5.91 Å². The normalized spacial score (nSPS) is 21.6. The van der Waals surface area contributed by atoms with Crippen LogP contribution in [0.2, 0.25) is 0 Å². The van der Waals surface area contributed by atoms with Crippen molar-refractivity contribution in [1.82, 2.24) is 4.90 Å². The molecule has 1 aliphatic heterocycles.